The van der Waals surface area contributed by atoms with Gasteiger partial charge in [0.25, 0.3) is 5.69 Å². The summed E-state index contributed by atoms with van der Waals surface area (Å²) in [6.45, 7) is 0. The molecule has 2 aliphatic rings. The minimum Gasteiger partial charge on any atom is -0.508 e. The molecule has 1 aromatic rings. The highest BCUT2D eigenvalue weighted by molar-refractivity contribution is 5.64. The number of hydrogen-bond acceptors (Lipinski definition) is 4. The van der Waals surface area contributed by atoms with Crippen molar-refractivity contribution in [1.29, 1.82) is 0 Å². The molecule has 2 aliphatic carbocycles. The van der Waals surface area contributed by atoms with Crippen LogP contribution >= 0.6 is 0 Å². The van der Waals surface area contributed by atoms with Crippen LogP contribution in [0.3, 0.4) is 0 Å². The maximum Gasteiger partial charge on any atom is 0.296 e. The SMILES string of the molecule is O=[N+]([O-])c1cc(O)ccc1NC1CC2CCC1C2. The van der Waals surface area contributed by atoms with Crippen molar-refractivity contribution >= 4 is 11.4 Å². The molecule has 3 unspecified atom stereocenters. The van der Waals surface area contributed by atoms with Crippen molar-refractivity contribution in [3.8, 4) is 5.75 Å². The summed E-state index contributed by atoms with van der Waals surface area (Å²) in [7, 11) is 0. The average Bonchev–Trinajstić information content (AvgIpc) is 2.93. The molecule has 18 heavy (non-hydrogen) atoms. The van der Waals surface area contributed by atoms with Crippen molar-refractivity contribution in [2.24, 2.45) is 11.8 Å². The van der Waals surface area contributed by atoms with E-state index in [1.54, 1.807) is 6.07 Å². The third kappa shape index (κ3) is 1.89. The largest absolute Gasteiger partial charge is 0.508 e. The van der Waals surface area contributed by atoms with Gasteiger partial charge in [0.2, 0.25) is 0 Å². The number of nitrogens with zero attached hydrogens (tertiary/aromatic N) is 1. The second kappa shape index (κ2) is 4.15. The van der Waals surface area contributed by atoms with Crippen molar-refractivity contribution < 1.29 is 10.0 Å². The summed E-state index contributed by atoms with van der Waals surface area (Å²) in [5.74, 6) is 1.38. The number of anilines is 1. The van der Waals surface area contributed by atoms with Crippen LogP contribution in [0.4, 0.5) is 11.4 Å². The van der Waals surface area contributed by atoms with Gasteiger partial charge in [0.15, 0.2) is 0 Å². The molecule has 5 nitrogen and oxygen atoms in total. The van der Waals surface area contributed by atoms with Gasteiger partial charge in [-0.3, -0.25) is 10.1 Å². The summed E-state index contributed by atoms with van der Waals surface area (Å²) in [6, 6.07) is 4.64. The third-order valence-corrected chi connectivity index (χ3v) is 4.26. The van der Waals surface area contributed by atoms with Gasteiger partial charge in [-0.2, -0.15) is 0 Å². The Bertz CT molecular complexity index is 489. The monoisotopic (exact) mass is 248 g/mol. The smallest absolute Gasteiger partial charge is 0.296 e. The summed E-state index contributed by atoms with van der Waals surface area (Å²) < 4.78 is 0. The van der Waals surface area contributed by atoms with Gasteiger partial charge >= 0.3 is 0 Å². The van der Waals surface area contributed by atoms with Crippen LogP contribution < -0.4 is 5.32 Å². The predicted octanol–water partition coefficient (Wildman–Crippen LogP) is 2.90. The molecule has 3 rings (SSSR count). The number of nitrogens with one attached hydrogen (secondary N) is 1. The molecule has 0 radical (unpaired) electrons. The molecule has 96 valence electrons. The van der Waals surface area contributed by atoms with Gasteiger partial charge in [-0.15, -0.1) is 0 Å². The molecule has 2 bridgehead atoms. The highest BCUT2D eigenvalue weighted by Gasteiger charge is 2.40. The van der Waals surface area contributed by atoms with E-state index in [2.05, 4.69) is 5.32 Å². The molecule has 2 saturated carbocycles. The Hall–Kier alpha value is -1.78. The molecule has 2 fully saturated rings. The molecule has 1 aromatic carbocycles. The summed E-state index contributed by atoms with van der Waals surface area (Å²) in [5.41, 5.74) is 0.480. The van der Waals surface area contributed by atoms with Crippen LogP contribution in [0, 0.1) is 22.0 Å². The summed E-state index contributed by atoms with van der Waals surface area (Å²) in [5, 5.41) is 23.6. The number of benzene rings is 1. The number of phenolic OH excluding ortho intramolecular Hbond substituents is 1. The first-order valence-electron chi connectivity index (χ1n) is 6.37. The highest BCUT2D eigenvalue weighted by Crippen LogP contribution is 2.46. The first-order valence-corrected chi connectivity index (χ1v) is 6.37. The van der Waals surface area contributed by atoms with E-state index in [1.807, 2.05) is 0 Å². The maximum absolute atomic E-state index is 11.0. The Labute approximate surface area is 105 Å². The highest BCUT2D eigenvalue weighted by atomic mass is 16.6. The number of fused-ring (bicyclic) bond motifs is 2. The van der Waals surface area contributed by atoms with Crippen LogP contribution in [-0.2, 0) is 0 Å². The van der Waals surface area contributed by atoms with E-state index >= 15 is 0 Å². The fraction of sp³-hybridized carbons (Fsp3) is 0.538. The number of nitro groups is 1. The Kier molecular flexibility index (Phi) is 2.61. The van der Waals surface area contributed by atoms with Crippen LogP contribution in [0.5, 0.6) is 5.75 Å². The zero-order valence-corrected chi connectivity index (χ0v) is 10.0. The molecule has 3 atom stereocenters. The Morgan fingerprint density at radius 3 is 2.78 bits per heavy atom. The van der Waals surface area contributed by atoms with Gasteiger partial charge in [-0.25, -0.2) is 0 Å². The topological polar surface area (TPSA) is 75.4 Å². The molecule has 0 amide bonds. The summed E-state index contributed by atoms with van der Waals surface area (Å²) >= 11 is 0. The zero-order valence-electron chi connectivity index (χ0n) is 10.0. The molecular weight excluding hydrogens is 232 g/mol. The van der Waals surface area contributed by atoms with E-state index in [0.29, 0.717) is 17.6 Å². The lowest BCUT2D eigenvalue weighted by Gasteiger charge is -2.23. The molecule has 0 aliphatic heterocycles. The molecular formula is C13H16N2O3. The fourth-order valence-corrected chi connectivity index (χ4v) is 3.41. The van der Waals surface area contributed by atoms with E-state index in [1.165, 1.54) is 31.4 Å². The van der Waals surface area contributed by atoms with Crippen molar-refractivity contribution in [1.82, 2.24) is 0 Å². The van der Waals surface area contributed by atoms with Gasteiger partial charge in [0.1, 0.15) is 11.4 Å². The number of rotatable bonds is 3. The zero-order chi connectivity index (χ0) is 12.7. The van der Waals surface area contributed by atoms with Crippen molar-refractivity contribution in [3.05, 3.63) is 28.3 Å². The van der Waals surface area contributed by atoms with Gasteiger partial charge in [-0.1, -0.05) is 6.42 Å². The van der Waals surface area contributed by atoms with E-state index in [4.69, 9.17) is 0 Å². The van der Waals surface area contributed by atoms with E-state index < -0.39 is 4.92 Å². The predicted molar refractivity (Wildman–Crippen MR) is 67.6 cm³/mol. The maximum atomic E-state index is 11.0. The minimum atomic E-state index is -0.449. The van der Waals surface area contributed by atoms with Gasteiger partial charge in [0, 0.05) is 6.04 Å². The first-order chi connectivity index (χ1) is 8.63. The standard InChI is InChI=1S/C13H16N2O3/c16-10-3-4-11(13(7-10)15(17)18)14-12-6-8-1-2-9(12)5-8/h3-4,7-9,12,14,16H,1-2,5-6H2. The molecule has 0 spiro atoms. The Morgan fingerprint density at radius 1 is 1.33 bits per heavy atom. The lowest BCUT2D eigenvalue weighted by molar-refractivity contribution is -0.384. The number of phenols is 1. The van der Waals surface area contributed by atoms with Crippen LogP contribution in [0.15, 0.2) is 18.2 Å². The fourth-order valence-electron chi connectivity index (χ4n) is 3.41. The second-order valence-electron chi connectivity index (χ2n) is 5.38. The van der Waals surface area contributed by atoms with Crippen LogP contribution in [-0.4, -0.2) is 16.1 Å². The minimum absolute atomic E-state index is 0.0437. The number of aromatic hydroxyl groups is 1. The van der Waals surface area contributed by atoms with Crippen LogP contribution in [0.25, 0.3) is 0 Å². The molecule has 0 aromatic heterocycles. The number of hydrogen-bond donors (Lipinski definition) is 2. The first kappa shape index (κ1) is 11.3. The lowest BCUT2D eigenvalue weighted by Crippen LogP contribution is -2.26. The lowest BCUT2D eigenvalue weighted by atomic mass is 9.95. The quantitative estimate of drug-likeness (QED) is 0.490. The molecule has 0 heterocycles. The molecule has 2 N–H and O–H groups in total. The normalized spacial score (nSPS) is 29.4. The number of nitro benzene ring substituents is 1. The van der Waals surface area contributed by atoms with Crippen LogP contribution in [0.1, 0.15) is 25.7 Å². The summed E-state index contributed by atoms with van der Waals surface area (Å²) in [6.07, 6.45) is 4.90. The van der Waals surface area contributed by atoms with Gasteiger partial charge in [-0.05, 0) is 43.2 Å². The third-order valence-electron chi connectivity index (χ3n) is 4.26. The van der Waals surface area contributed by atoms with Crippen molar-refractivity contribution in [3.63, 3.8) is 0 Å². The van der Waals surface area contributed by atoms with Crippen LogP contribution in [0.2, 0.25) is 0 Å². The van der Waals surface area contributed by atoms with Crippen molar-refractivity contribution in [2.45, 2.75) is 31.7 Å². The van der Waals surface area contributed by atoms with Crippen molar-refractivity contribution in [2.75, 3.05) is 5.32 Å². The second-order valence-corrected chi connectivity index (χ2v) is 5.38. The summed E-state index contributed by atoms with van der Waals surface area (Å²) in [4.78, 5) is 10.5. The van der Waals surface area contributed by atoms with E-state index in [0.717, 1.165) is 12.3 Å². The van der Waals surface area contributed by atoms with Gasteiger partial charge < -0.3 is 10.4 Å². The Morgan fingerprint density at radius 2 is 2.17 bits per heavy atom. The molecule has 5 heteroatoms. The average molecular weight is 248 g/mol. The molecule has 0 saturated heterocycles. The van der Waals surface area contributed by atoms with Gasteiger partial charge in [0.05, 0.1) is 11.0 Å². The van der Waals surface area contributed by atoms with E-state index in [-0.39, 0.29) is 11.4 Å². The Balaban J connectivity index is 1.82. The van der Waals surface area contributed by atoms with E-state index in [9.17, 15) is 15.2 Å².